The largest absolute Gasteiger partial charge is 0.457 e. The highest BCUT2D eigenvalue weighted by Crippen LogP contribution is 2.21. The Labute approximate surface area is 112 Å². The first kappa shape index (κ1) is 12.5. The van der Waals surface area contributed by atoms with E-state index in [9.17, 15) is 0 Å². The summed E-state index contributed by atoms with van der Waals surface area (Å²) in [5, 5.41) is 0. The number of nitrogens with two attached hydrogens (primary N) is 1. The molecule has 0 aliphatic rings. The Kier molecular flexibility index (Phi) is 3.89. The summed E-state index contributed by atoms with van der Waals surface area (Å²) in [5.74, 6) is 1.46. The van der Waals surface area contributed by atoms with Crippen LogP contribution < -0.4 is 10.5 Å². The minimum atomic E-state index is 0.266. The van der Waals surface area contributed by atoms with Crippen LogP contribution in [0, 0.1) is 0 Å². The molecule has 2 rings (SSSR count). The Hall–Kier alpha value is -1.94. The normalized spacial score (nSPS) is 10.1. The molecule has 0 amide bonds. The number of aromatic nitrogens is 1. The van der Waals surface area contributed by atoms with Crippen LogP contribution in [0.5, 0.6) is 11.5 Å². The molecule has 2 aromatic rings. The Morgan fingerprint density at radius 2 is 1.94 bits per heavy atom. The van der Waals surface area contributed by atoms with Crippen molar-refractivity contribution in [3.8, 4) is 11.5 Å². The van der Waals surface area contributed by atoms with Crippen LogP contribution in [-0.2, 0) is 6.42 Å². The number of ether oxygens (including phenoxy) is 1. The predicted octanol–water partition coefficient (Wildman–Crippen LogP) is 3.07. The van der Waals surface area contributed by atoms with Gasteiger partial charge >= 0.3 is 0 Å². The van der Waals surface area contributed by atoms with Crippen LogP contribution in [0.4, 0.5) is 0 Å². The minimum Gasteiger partial charge on any atom is -0.457 e. The maximum Gasteiger partial charge on any atom is 0.131 e. The third-order valence-electron chi connectivity index (χ3n) is 2.55. The van der Waals surface area contributed by atoms with E-state index < -0.39 is 0 Å². The number of aryl methyl sites for hydroxylation is 1. The van der Waals surface area contributed by atoms with Crippen LogP contribution in [0.2, 0.25) is 0 Å². The average molecular weight is 258 g/mol. The van der Waals surface area contributed by atoms with Crippen molar-refractivity contribution in [2.24, 2.45) is 5.73 Å². The highest BCUT2D eigenvalue weighted by atomic mass is 32.1. The van der Waals surface area contributed by atoms with Crippen LogP contribution in [-0.4, -0.2) is 9.97 Å². The first-order chi connectivity index (χ1) is 8.69. The molecule has 0 bridgehead atoms. The van der Waals surface area contributed by atoms with Crippen LogP contribution in [0.1, 0.15) is 18.2 Å². The number of thiocarbonyl (C=S) groups is 1. The van der Waals surface area contributed by atoms with E-state index in [1.165, 1.54) is 5.56 Å². The lowest BCUT2D eigenvalue weighted by atomic mass is 10.2. The van der Waals surface area contributed by atoms with Crippen molar-refractivity contribution < 1.29 is 4.74 Å². The van der Waals surface area contributed by atoms with E-state index in [-0.39, 0.29) is 4.99 Å². The quantitative estimate of drug-likeness (QED) is 0.856. The lowest BCUT2D eigenvalue weighted by molar-refractivity contribution is 0.481. The number of hydrogen-bond donors (Lipinski definition) is 1. The van der Waals surface area contributed by atoms with Crippen molar-refractivity contribution in [3.05, 3.63) is 53.9 Å². The second-order valence-corrected chi connectivity index (χ2v) is 4.28. The lowest BCUT2D eigenvalue weighted by Crippen LogP contribution is -2.11. The summed E-state index contributed by atoms with van der Waals surface area (Å²) in [6.45, 7) is 2.12. The van der Waals surface area contributed by atoms with Gasteiger partial charge in [-0.25, -0.2) is 0 Å². The molecule has 2 N–H and O–H groups in total. The fourth-order valence-corrected chi connectivity index (χ4v) is 1.65. The molecular weight excluding hydrogens is 244 g/mol. The van der Waals surface area contributed by atoms with Gasteiger partial charge in [0.25, 0.3) is 0 Å². The SMILES string of the molecule is CCc1ccc(Oc2ccnc(C(N)=S)c2)cc1. The summed E-state index contributed by atoms with van der Waals surface area (Å²) in [5.41, 5.74) is 7.37. The zero-order valence-corrected chi connectivity index (χ0v) is 10.9. The summed E-state index contributed by atoms with van der Waals surface area (Å²) in [6.07, 6.45) is 2.64. The van der Waals surface area contributed by atoms with Gasteiger partial charge in [0.15, 0.2) is 0 Å². The lowest BCUT2D eigenvalue weighted by Gasteiger charge is -2.07. The van der Waals surface area contributed by atoms with Gasteiger partial charge < -0.3 is 10.5 Å². The highest BCUT2D eigenvalue weighted by Gasteiger charge is 2.02. The van der Waals surface area contributed by atoms with Gasteiger partial charge in [0.05, 0.1) is 0 Å². The fourth-order valence-electron chi connectivity index (χ4n) is 1.54. The molecule has 3 nitrogen and oxygen atoms in total. The van der Waals surface area contributed by atoms with Crippen molar-refractivity contribution in [1.29, 1.82) is 0 Å². The zero-order chi connectivity index (χ0) is 13.0. The van der Waals surface area contributed by atoms with Gasteiger partial charge in [0.1, 0.15) is 22.2 Å². The van der Waals surface area contributed by atoms with Gasteiger partial charge in [-0.05, 0) is 30.2 Å². The standard InChI is InChI=1S/C14H14N2OS/c1-2-10-3-5-11(6-4-10)17-12-7-8-16-13(9-12)14(15)18/h3-9H,2H2,1H3,(H2,15,18). The van der Waals surface area contributed by atoms with E-state index in [0.717, 1.165) is 12.2 Å². The van der Waals surface area contributed by atoms with E-state index in [1.807, 2.05) is 24.3 Å². The summed E-state index contributed by atoms with van der Waals surface area (Å²) in [7, 11) is 0. The van der Waals surface area contributed by atoms with E-state index >= 15 is 0 Å². The smallest absolute Gasteiger partial charge is 0.131 e. The molecule has 0 radical (unpaired) electrons. The molecule has 1 heterocycles. The number of pyridine rings is 1. The Morgan fingerprint density at radius 1 is 1.22 bits per heavy atom. The van der Waals surface area contributed by atoms with Crippen molar-refractivity contribution in [2.45, 2.75) is 13.3 Å². The molecule has 0 aliphatic carbocycles. The van der Waals surface area contributed by atoms with Gasteiger partial charge in [-0.1, -0.05) is 31.3 Å². The van der Waals surface area contributed by atoms with E-state index in [2.05, 4.69) is 11.9 Å². The molecule has 92 valence electrons. The summed E-state index contributed by atoms with van der Waals surface area (Å²) < 4.78 is 5.71. The minimum absolute atomic E-state index is 0.266. The Bertz CT molecular complexity index is 552. The first-order valence-electron chi connectivity index (χ1n) is 5.71. The van der Waals surface area contributed by atoms with Crippen LogP contribution >= 0.6 is 12.2 Å². The molecule has 18 heavy (non-hydrogen) atoms. The third-order valence-corrected chi connectivity index (χ3v) is 2.76. The van der Waals surface area contributed by atoms with Crippen molar-refractivity contribution in [2.75, 3.05) is 0 Å². The number of benzene rings is 1. The molecule has 0 unspecified atom stereocenters. The van der Waals surface area contributed by atoms with Gasteiger partial charge in [-0.15, -0.1) is 0 Å². The molecule has 0 saturated carbocycles. The first-order valence-corrected chi connectivity index (χ1v) is 6.12. The highest BCUT2D eigenvalue weighted by molar-refractivity contribution is 7.80. The van der Waals surface area contributed by atoms with Crippen LogP contribution in [0.3, 0.4) is 0 Å². The summed E-state index contributed by atoms with van der Waals surface area (Å²) in [4.78, 5) is 4.33. The zero-order valence-electron chi connectivity index (χ0n) is 10.1. The molecule has 1 aromatic heterocycles. The molecule has 0 fully saturated rings. The second kappa shape index (κ2) is 5.60. The van der Waals surface area contributed by atoms with E-state index in [0.29, 0.717) is 11.4 Å². The Morgan fingerprint density at radius 3 is 2.56 bits per heavy atom. The monoisotopic (exact) mass is 258 g/mol. The molecule has 0 saturated heterocycles. The maximum absolute atomic E-state index is 5.71. The molecule has 0 spiro atoms. The van der Waals surface area contributed by atoms with Gasteiger partial charge in [0, 0.05) is 12.3 Å². The van der Waals surface area contributed by atoms with E-state index in [1.54, 1.807) is 18.3 Å². The fraction of sp³-hybridized carbons (Fsp3) is 0.143. The van der Waals surface area contributed by atoms with E-state index in [4.69, 9.17) is 22.7 Å². The molecular formula is C14H14N2OS. The van der Waals surface area contributed by atoms with Crippen LogP contribution in [0.15, 0.2) is 42.6 Å². The predicted molar refractivity (Wildman–Crippen MR) is 76.0 cm³/mol. The number of nitrogens with zero attached hydrogens (tertiary/aromatic N) is 1. The number of rotatable bonds is 4. The molecule has 1 aromatic carbocycles. The Balaban J connectivity index is 2.17. The molecule has 4 heteroatoms. The van der Waals surface area contributed by atoms with Crippen LogP contribution in [0.25, 0.3) is 0 Å². The van der Waals surface area contributed by atoms with Gasteiger partial charge in [-0.3, -0.25) is 4.98 Å². The number of hydrogen-bond acceptors (Lipinski definition) is 3. The summed E-state index contributed by atoms with van der Waals surface area (Å²) >= 11 is 4.88. The maximum atomic E-state index is 5.71. The molecule has 0 aliphatic heterocycles. The topological polar surface area (TPSA) is 48.1 Å². The van der Waals surface area contributed by atoms with Crippen molar-refractivity contribution >= 4 is 17.2 Å². The van der Waals surface area contributed by atoms with Crippen molar-refractivity contribution in [3.63, 3.8) is 0 Å². The van der Waals surface area contributed by atoms with Gasteiger partial charge in [-0.2, -0.15) is 0 Å². The molecule has 0 atom stereocenters. The average Bonchev–Trinajstić information content (AvgIpc) is 2.40. The van der Waals surface area contributed by atoms with Gasteiger partial charge in [0.2, 0.25) is 0 Å². The third kappa shape index (κ3) is 3.05. The summed E-state index contributed by atoms with van der Waals surface area (Å²) in [6, 6.07) is 11.5. The second-order valence-electron chi connectivity index (χ2n) is 3.84. The van der Waals surface area contributed by atoms with Crippen molar-refractivity contribution in [1.82, 2.24) is 4.98 Å².